The lowest BCUT2D eigenvalue weighted by atomic mass is 10.1. The van der Waals surface area contributed by atoms with E-state index in [1.807, 2.05) is 0 Å². The molecule has 0 aliphatic carbocycles. The summed E-state index contributed by atoms with van der Waals surface area (Å²) >= 11 is 3.52. The molecule has 0 N–H and O–H groups in total. The quantitative estimate of drug-likeness (QED) is 0.555. The van der Waals surface area contributed by atoms with Gasteiger partial charge >= 0.3 is 0 Å². The van der Waals surface area contributed by atoms with Gasteiger partial charge in [0.05, 0.1) is 30.2 Å². The summed E-state index contributed by atoms with van der Waals surface area (Å²) in [4.78, 5) is 0.419. The number of alkyl halides is 1. The second-order valence-electron chi connectivity index (χ2n) is 3.09. The molecule has 2 fully saturated rings. The Morgan fingerprint density at radius 3 is 2.60 bits per heavy atom. The Morgan fingerprint density at radius 1 is 1.20 bits per heavy atom. The van der Waals surface area contributed by atoms with Gasteiger partial charge in [-0.15, -0.1) is 0 Å². The van der Waals surface area contributed by atoms with E-state index in [1.54, 1.807) is 0 Å². The Kier molecular flexibility index (Phi) is 1.74. The zero-order valence-corrected chi connectivity index (χ0v) is 7.50. The van der Waals surface area contributed by atoms with Crippen molar-refractivity contribution in [1.29, 1.82) is 0 Å². The molecule has 2 nitrogen and oxygen atoms in total. The summed E-state index contributed by atoms with van der Waals surface area (Å²) in [7, 11) is 0. The van der Waals surface area contributed by atoms with Gasteiger partial charge in [-0.05, 0) is 0 Å². The fraction of sp³-hybridized carbons (Fsp3) is 1.00. The minimum absolute atomic E-state index is 0.315. The Hall–Kier alpha value is 0.400. The maximum Gasteiger partial charge on any atom is 0.0987 e. The van der Waals surface area contributed by atoms with Crippen molar-refractivity contribution in [3.63, 3.8) is 0 Å². The summed E-state index contributed by atoms with van der Waals surface area (Å²) in [6.45, 7) is 3.84. The Morgan fingerprint density at radius 2 is 1.90 bits per heavy atom. The maximum atomic E-state index is 5.53. The van der Waals surface area contributed by atoms with Gasteiger partial charge in [-0.1, -0.05) is 22.9 Å². The lowest BCUT2D eigenvalue weighted by Gasteiger charge is -2.10. The SMILES string of the molecule is CC1COC2C(Br)CO[C@H]12. The first-order valence-electron chi connectivity index (χ1n) is 3.66. The topological polar surface area (TPSA) is 18.5 Å². The van der Waals surface area contributed by atoms with Crippen LogP contribution in [0.15, 0.2) is 0 Å². The van der Waals surface area contributed by atoms with E-state index in [-0.39, 0.29) is 0 Å². The third-order valence-electron chi connectivity index (χ3n) is 2.24. The van der Waals surface area contributed by atoms with Crippen molar-refractivity contribution < 1.29 is 9.47 Å². The van der Waals surface area contributed by atoms with Crippen LogP contribution in [0.25, 0.3) is 0 Å². The molecule has 0 aromatic rings. The molecule has 3 unspecified atom stereocenters. The van der Waals surface area contributed by atoms with E-state index < -0.39 is 0 Å². The Balaban J connectivity index is 2.09. The summed E-state index contributed by atoms with van der Waals surface area (Å²) in [5, 5.41) is 0. The average Bonchev–Trinajstić information content (AvgIpc) is 2.41. The van der Waals surface area contributed by atoms with Gasteiger partial charge in [-0.25, -0.2) is 0 Å². The zero-order chi connectivity index (χ0) is 7.14. The highest BCUT2D eigenvalue weighted by molar-refractivity contribution is 9.09. The summed E-state index contributed by atoms with van der Waals surface area (Å²) < 4.78 is 11.1. The molecule has 0 aromatic heterocycles. The molecule has 2 aliphatic rings. The molecule has 0 aromatic carbocycles. The average molecular weight is 207 g/mol. The van der Waals surface area contributed by atoms with E-state index in [0.717, 1.165) is 13.2 Å². The van der Waals surface area contributed by atoms with Crippen molar-refractivity contribution in [3.8, 4) is 0 Å². The fourth-order valence-electron chi connectivity index (χ4n) is 1.64. The fourth-order valence-corrected chi connectivity index (χ4v) is 2.25. The Bertz CT molecular complexity index is 124. The largest absolute Gasteiger partial charge is 0.374 e. The molecule has 3 heteroatoms. The van der Waals surface area contributed by atoms with Gasteiger partial charge in [0.1, 0.15) is 0 Å². The van der Waals surface area contributed by atoms with Crippen LogP contribution in [0.2, 0.25) is 0 Å². The molecule has 2 saturated heterocycles. The number of rotatable bonds is 0. The molecule has 0 saturated carbocycles. The van der Waals surface area contributed by atoms with Crippen LogP contribution in [0.5, 0.6) is 0 Å². The molecular weight excluding hydrogens is 196 g/mol. The van der Waals surface area contributed by atoms with Crippen LogP contribution in [0.3, 0.4) is 0 Å². The minimum atomic E-state index is 0.315. The van der Waals surface area contributed by atoms with Crippen molar-refractivity contribution in [2.75, 3.05) is 13.2 Å². The minimum Gasteiger partial charge on any atom is -0.374 e. The van der Waals surface area contributed by atoms with Gasteiger partial charge in [0.15, 0.2) is 0 Å². The predicted molar refractivity (Wildman–Crippen MR) is 41.4 cm³/mol. The molecule has 0 radical (unpaired) electrons. The number of fused-ring (bicyclic) bond motifs is 1. The number of halogens is 1. The van der Waals surface area contributed by atoms with Gasteiger partial charge in [0.2, 0.25) is 0 Å². The van der Waals surface area contributed by atoms with Crippen LogP contribution < -0.4 is 0 Å². The van der Waals surface area contributed by atoms with Crippen LogP contribution in [0.4, 0.5) is 0 Å². The second-order valence-corrected chi connectivity index (χ2v) is 4.27. The van der Waals surface area contributed by atoms with Gasteiger partial charge in [0.25, 0.3) is 0 Å². The van der Waals surface area contributed by atoms with Crippen LogP contribution in [-0.2, 0) is 9.47 Å². The van der Waals surface area contributed by atoms with Crippen LogP contribution >= 0.6 is 15.9 Å². The van der Waals surface area contributed by atoms with E-state index in [4.69, 9.17) is 9.47 Å². The van der Waals surface area contributed by atoms with E-state index in [0.29, 0.717) is 23.0 Å². The van der Waals surface area contributed by atoms with Crippen molar-refractivity contribution in [1.82, 2.24) is 0 Å². The highest BCUT2D eigenvalue weighted by Crippen LogP contribution is 2.33. The second kappa shape index (κ2) is 2.47. The molecule has 2 aliphatic heterocycles. The van der Waals surface area contributed by atoms with E-state index in [1.165, 1.54) is 0 Å². The molecule has 0 spiro atoms. The van der Waals surface area contributed by atoms with E-state index in [2.05, 4.69) is 22.9 Å². The van der Waals surface area contributed by atoms with Crippen molar-refractivity contribution in [3.05, 3.63) is 0 Å². The summed E-state index contributed by atoms with van der Waals surface area (Å²) in [6.07, 6.45) is 0.666. The van der Waals surface area contributed by atoms with Gasteiger partial charge < -0.3 is 9.47 Å². The summed E-state index contributed by atoms with van der Waals surface area (Å²) in [5.41, 5.74) is 0. The smallest absolute Gasteiger partial charge is 0.0987 e. The Labute approximate surface area is 69.0 Å². The lowest BCUT2D eigenvalue weighted by molar-refractivity contribution is 0.0661. The standard InChI is InChI=1S/C7H11BrO2/c1-4-2-9-7-5(8)3-10-6(4)7/h4-7H,2-3H2,1H3/t4?,5?,6-,7?/m1/s1. The first-order chi connectivity index (χ1) is 4.79. The van der Waals surface area contributed by atoms with E-state index in [9.17, 15) is 0 Å². The zero-order valence-electron chi connectivity index (χ0n) is 5.92. The number of hydrogen-bond donors (Lipinski definition) is 0. The van der Waals surface area contributed by atoms with Crippen LogP contribution in [-0.4, -0.2) is 30.2 Å². The van der Waals surface area contributed by atoms with Gasteiger partial charge in [0, 0.05) is 5.92 Å². The molecule has 58 valence electrons. The molecular formula is C7H11BrO2. The third kappa shape index (κ3) is 0.917. The van der Waals surface area contributed by atoms with Crippen molar-refractivity contribution in [2.45, 2.75) is 24.0 Å². The summed E-state index contributed by atoms with van der Waals surface area (Å²) in [6, 6.07) is 0. The third-order valence-corrected chi connectivity index (χ3v) is 3.03. The van der Waals surface area contributed by atoms with Crippen molar-refractivity contribution in [2.24, 2.45) is 5.92 Å². The molecule has 10 heavy (non-hydrogen) atoms. The lowest BCUT2D eigenvalue weighted by Crippen LogP contribution is -2.24. The molecule has 0 amide bonds. The first kappa shape index (κ1) is 7.07. The van der Waals surface area contributed by atoms with Gasteiger partial charge in [-0.3, -0.25) is 0 Å². The highest BCUT2D eigenvalue weighted by atomic mass is 79.9. The summed E-state index contributed by atoms with van der Waals surface area (Å²) in [5.74, 6) is 0.576. The predicted octanol–water partition coefficient (Wildman–Crippen LogP) is 1.18. The van der Waals surface area contributed by atoms with E-state index >= 15 is 0 Å². The normalized spacial score (nSPS) is 53.4. The number of hydrogen-bond acceptors (Lipinski definition) is 2. The monoisotopic (exact) mass is 206 g/mol. The highest BCUT2D eigenvalue weighted by Gasteiger charge is 2.44. The van der Waals surface area contributed by atoms with Crippen molar-refractivity contribution >= 4 is 15.9 Å². The first-order valence-corrected chi connectivity index (χ1v) is 4.58. The van der Waals surface area contributed by atoms with Crippen LogP contribution in [0.1, 0.15) is 6.92 Å². The van der Waals surface area contributed by atoms with Gasteiger partial charge in [-0.2, -0.15) is 0 Å². The number of ether oxygens (including phenoxy) is 2. The molecule has 4 atom stereocenters. The molecule has 2 rings (SSSR count). The van der Waals surface area contributed by atoms with Crippen LogP contribution in [0, 0.1) is 5.92 Å². The molecule has 2 heterocycles. The maximum absolute atomic E-state index is 5.53. The molecule has 0 bridgehead atoms.